The van der Waals surface area contributed by atoms with Crippen LogP contribution in [0.2, 0.25) is 0 Å². The van der Waals surface area contributed by atoms with Gasteiger partial charge in [0.2, 0.25) is 0 Å². The first kappa shape index (κ1) is 17.3. The van der Waals surface area contributed by atoms with Crippen molar-refractivity contribution in [3.8, 4) is 0 Å². The number of hydrogen-bond acceptors (Lipinski definition) is 5. The first-order chi connectivity index (χ1) is 9.34. The molecule has 112 valence electrons. The Labute approximate surface area is 127 Å². The Morgan fingerprint density at radius 1 is 1.15 bits per heavy atom. The van der Waals surface area contributed by atoms with Crippen molar-refractivity contribution >= 4 is 32.8 Å². The molecule has 0 aromatic carbocycles. The molecule has 1 atom stereocenters. The molecule has 0 amide bonds. The summed E-state index contributed by atoms with van der Waals surface area (Å²) in [5.74, 6) is 0. The molecule has 0 aliphatic heterocycles. The normalized spacial score (nSPS) is 12.6. The second kappa shape index (κ2) is 8.53. The van der Waals surface area contributed by atoms with E-state index in [-0.39, 0.29) is 6.10 Å². The van der Waals surface area contributed by atoms with Gasteiger partial charge in [0, 0.05) is 16.2 Å². The second-order valence-corrected chi connectivity index (χ2v) is 7.82. The minimum atomic E-state index is -3.67. The van der Waals surface area contributed by atoms with Gasteiger partial charge in [-0.15, -0.1) is 22.7 Å². The molecule has 0 radical (unpaired) electrons. The van der Waals surface area contributed by atoms with Crippen molar-refractivity contribution in [1.29, 1.82) is 0 Å². The molecule has 2 aromatic rings. The third kappa shape index (κ3) is 9.22. The summed E-state index contributed by atoms with van der Waals surface area (Å²) in [6.07, 6.45) is 3.16. The number of rotatable bonds is 5. The third-order valence-corrected chi connectivity index (χ3v) is 4.16. The zero-order valence-electron chi connectivity index (χ0n) is 11.1. The lowest BCUT2D eigenvalue weighted by molar-refractivity contribution is 0.166. The average molecular weight is 334 g/mol. The highest BCUT2D eigenvalue weighted by Gasteiger charge is 2.06. The molecule has 0 saturated heterocycles. The fourth-order valence-corrected chi connectivity index (χ4v) is 3.03. The van der Waals surface area contributed by atoms with E-state index in [2.05, 4.69) is 29.0 Å². The molecule has 2 heterocycles. The smallest absolute Gasteiger partial charge is 0.261 e. The fourth-order valence-electron chi connectivity index (χ4n) is 1.53. The van der Waals surface area contributed by atoms with Crippen LogP contribution in [0, 0.1) is 0 Å². The maximum absolute atomic E-state index is 9.83. The van der Waals surface area contributed by atoms with E-state index in [4.69, 9.17) is 4.55 Å². The molecule has 0 saturated carbocycles. The quantitative estimate of drug-likeness (QED) is 0.825. The van der Waals surface area contributed by atoms with Gasteiger partial charge < -0.3 is 5.11 Å². The van der Waals surface area contributed by atoms with Crippen molar-refractivity contribution in [2.75, 3.05) is 6.26 Å². The van der Waals surface area contributed by atoms with Crippen LogP contribution in [0.5, 0.6) is 0 Å². The van der Waals surface area contributed by atoms with Gasteiger partial charge in [0.05, 0.1) is 12.4 Å². The zero-order valence-corrected chi connectivity index (χ0v) is 13.5. The molecule has 2 aromatic heterocycles. The topological polar surface area (TPSA) is 74.6 Å². The molecule has 2 rings (SSSR count). The van der Waals surface area contributed by atoms with Gasteiger partial charge in [0.15, 0.2) is 0 Å². The van der Waals surface area contributed by atoms with E-state index in [1.807, 2.05) is 6.07 Å². The molecular weight excluding hydrogens is 316 g/mol. The van der Waals surface area contributed by atoms with E-state index < -0.39 is 10.1 Å². The van der Waals surface area contributed by atoms with Crippen molar-refractivity contribution in [3.63, 3.8) is 0 Å². The summed E-state index contributed by atoms with van der Waals surface area (Å²) >= 11 is 3.48. The summed E-state index contributed by atoms with van der Waals surface area (Å²) in [6.45, 7) is 0. The molecule has 1 unspecified atom stereocenters. The minimum Gasteiger partial charge on any atom is -0.393 e. The largest absolute Gasteiger partial charge is 0.393 e. The summed E-state index contributed by atoms with van der Waals surface area (Å²) in [7, 11) is -3.67. The van der Waals surface area contributed by atoms with Crippen LogP contribution in [0.25, 0.3) is 0 Å². The molecule has 0 aliphatic carbocycles. The predicted molar refractivity (Wildman–Crippen MR) is 84.1 cm³/mol. The van der Waals surface area contributed by atoms with Crippen molar-refractivity contribution in [2.24, 2.45) is 0 Å². The van der Waals surface area contributed by atoms with E-state index in [1.54, 1.807) is 22.7 Å². The first-order valence-corrected chi connectivity index (χ1v) is 9.60. The van der Waals surface area contributed by atoms with Gasteiger partial charge in [-0.25, -0.2) is 0 Å². The Morgan fingerprint density at radius 3 is 2.10 bits per heavy atom. The summed E-state index contributed by atoms with van der Waals surface area (Å²) in [4.78, 5) is 2.63. The van der Waals surface area contributed by atoms with Crippen molar-refractivity contribution < 1.29 is 18.1 Å². The van der Waals surface area contributed by atoms with Crippen LogP contribution in [-0.2, 0) is 23.0 Å². The molecule has 0 bridgehead atoms. The van der Waals surface area contributed by atoms with E-state index in [1.165, 1.54) is 9.75 Å². The van der Waals surface area contributed by atoms with E-state index >= 15 is 0 Å². The first-order valence-electron chi connectivity index (χ1n) is 6.00. The highest BCUT2D eigenvalue weighted by molar-refractivity contribution is 7.85. The van der Waals surface area contributed by atoms with Gasteiger partial charge >= 0.3 is 0 Å². The van der Waals surface area contributed by atoms with Gasteiger partial charge in [0.25, 0.3) is 10.1 Å². The lowest BCUT2D eigenvalue weighted by Gasteiger charge is -2.07. The van der Waals surface area contributed by atoms with Gasteiger partial charge in [0.1, 0.15) is 0 Å². The monoisotopic (exact) mass is 334 g/mol. The van der Waals surface area contributed by atoms with Gasteiger partial charge in [-0.3, -0.25) is 4.55 Å². The summed E-state index contributed by atoms with van der Waals surface area (Å²) in [5.41, 5.74) is 0. The Bertz CT molecular complexity index is 551. The van der Waals surface area contributed by atoms with Crippen molar-refractivity contribution in [2.45, 2.75) is 25.4 Å². The fraction of sp³-hybridized carbons (Fsp3) is 0.385. The molecule has 4 nitrogen and oxygen atoms in total. The zero-order chi connectivity index (χ0) is 15.0. The third-order valence-electron chi connectivity index (χ3n) is 2.32. The van der Waals surface area contributed by atoms with E-state index in [9.17, 15) is 13.5 Å². The lowest BCUT2D eigenvalue weighted by Crippen LogP contribution is -2.10. The molecule has 0 aliphatic rings. The Kier molecular flexibility index (Phi) is 7.39. The van der Waals surface area contributed by atoms with Crippen LogP contribution in [0.3, 0.4) is 0 Å². The minimum absolute atomic E-state index is 0.203. The summed E-state index contributed by atoms with van der Waals surface area (Å²) in [6, 6.07) is 8.30. The van der Waals surface area contributed by atoms with Crippen LogP contribution in [0.1, 0.15) is 16.2 Å². The Hall–Kier alpha value is -0.730. The molecule has 7 heteroatoms. The highest BCUT2D eigenvalue weighted by atomic mass is 32.2. The number of aliphatic hydroxyl groups is 1. The number of hydrogen-bond donors (Lipinski definition) is 2. The maximum Gasteiger partial charge on any atom is 0.261 e. The number of thiophene rings is 2. The maximum atomic E-state index is 9.83. The molecule has 0 spiro atoms. The van der Waals surface area contributed by atoms with Crippen LogP contribution < -0.4 is 0 Å². The standard InChI is InChI=1S/C12H14OS2.CH4O3S/c13-10(9-12-4-2-8-15-12)5-6-11-3-1-7-14-11;1-5(2,3)4/h1-4,7-8,10,13H,5-6,9H2;1H3,(H,2,3,4). The predicted octanol–water partition coefficient (Wildman–Crippen LogP) is 2.85. The number of aliphatic hydroxyl groups excluding tert-OH is 1. The second-order valence-electron chi connectivity index (χ2n) is 4.29. The van der Waals surface area contributed by atoms with Crippen LogP contribution in [0.4, 0.5) is 0 Å². The van der Waals surface area contributed by atoms with Crippen LogP contribution in [0.15, 0.2) is 35.0 Å². The lowest BCUT2D eigenvalue weighted by atomic mass is 10.1. The van der Waals surface area contributed by atoms with Gasteiger partial charge in [-0.05, 0) is 35.7 Å². The van der Waals surface area contributed by atoms with Gasteiger partial charge in [-0.1, -0.05) is 12.1 Å². The Morgan fingerprint density at radius 2 is 1.65 bits per heavy atom. The van der Waals surface area contributed by atoms with Crippen molar-refractivity contribution in [1.82, 2.24) is 0 Å². The molecular formula is C13H18O4S3. The highest BCUT2D eigenvalue weighted by Crippen LogP contribution is 2.16. The molecule has 2 N–H and O–H groups in total. The molecule has 0 fully saturated rings. The summed E-state index contributed by atoms with van der Waals surface area (Å²) in [5, 5.41) is 14.0. The van der Waals surface area contributed by atoms with Crippen LogP contribution in [-0.4, -0.2) is 30.4 Å². The van der Waals surface area contributed by atoms with Gasteiger partial charge in [-0.2, -0.15) is 8.42 Å². The molecule has 20 heavy (non-hydrogen) atoms. The van der Waals surface area contributed by atoms with E-state index in [0.717, 1.165) is 19.3 Å². The Balaban J connectivity index is 0.000000347. The summed E-state index contributed by atoms with van der Waals surface area (Å²) < 4.78 is 25.9. The SMILES string of the molecule is CS(=O)(=O)O.OC(CCc1cccs1)Cc1cccs1. The van der Waals surface area contributed by atoms with Crippen molar-refractivity contribution in [3.05, 3.63) is 44.8 Å². The van der Waals surface area contributed by atoms with E-state index in [0.29, 0.717) is 6.26 Å². The van der Waals surface area contributed by atoms with Crippen LogP contribution >= 0.6 is 22.7 Å². The average Bonchev–Trinajstić information content (AvgIpc) is 2.96. The number of aryl methyl sites for hydroxylation is 1.